The number of hydrogen-bond donors (Lipinski definition) is 2. The average molecular weight is 756 g/mol. The van der Waals surface area contributed by atoms with Crippen LogP contribution in [0.15, 0.2) is 81.0 Å². The van der Waals surface area contributed by atoms with E-state index in [1.807, 2.05) is 30.4 Å². The van der Waals surface area contributed by atoms with Crippen molar-refractivity contribution in [2.45, 2.75) is 63.6 Å². The summed E-state index contributed by atoms with van der Waals surface area (Å²) in [5, 5.41) is 14.0. The Morgan fingerprint density at radius 1 is 0.707 bits per heavy atom. The van der Waals surface area contributed by atoms with E-state index in [0.717, 1.165) is 19.3 Å². The fourth-order valence-electron chi connectivity index (χ4n) is 5.41. The molecule has 0 aliphatic carbocycles. The van der Waals surface area contributed by atoms with Crippen LogP contribution in [0, 0.1) is 160 Å². The molecule has 0 spiro atoms. The second kappa shape index (κ2) is 30.6. The molecule has 1 amide bonds. The minimum Gasteiger partial charge on any atom is -0.391 e. The van der Waals surface area contributed by atoms with Gasteiger partial charge in [-0.1, -0.05) is 67.0 Å². The van der Waals surface area contributed by atoms with Crippen LogP contribution in [0.25, 0.3) is 0 Å². The topological polar surface area (TPSA) is 67.8 Å². The Balaban J connectivity index is 2.01. The third kappa shape index (κ3) is 19.5. The highest BCUT2D eigenvalue weighted by Crippen LogP contribution is 2.39. The summed E-state index contributed by atoms with van der Waals surface area (Å²) in [5.74, 6) is 59.5. The van der Waals surface area contributed by atoms with Crippen LogP contribution in [0.4, 0.5) is 0 Å². The van der Waals surface area contributed by atoms with Gasteiger partial charge in [-0.05, 0) is 139 Å². The summed E-state index contributed by atoms with van der Waals surface area (Å²) < 4.78 is 12.6. The highest BCUT2D eigenvalue weighted by molar-refractivity contribution is 5.94. The number of ether oxygens (including phenoxy) is 2. The number of aliphatic hydroxyl groups is 1. The van der Waals surface area contributed by atoms with E-state index in [4.69, 9.17) is 9.47 Å². The van der Waals surface area contributed by atoms with Gasteiger partial charge in [0.2, 0.25) is 0 Å². The number of nitrogens with one attached hydrogen (secondary N) is 1. The normalized spacial score (nSPS) is 17.0. The van der Waals surface area contributed by atoms with Gasteiger partial charge in [-0.3, -0.25) is 4.79 Å². The monoisotopic (exact) mass is 755 g/mol. The van der Waals surface area contributed by atoms with Crippen molar-refractivity contribution in [2.75, 3.05) is 6.61 Å². The standard InChI is InChI=1S/C53H41NO4/c1-6-11-12-13-14-15-16-17-18-19-20-21-22-23-24-25-26-27-28-29-30-31-35-43-52(56)54-49(50(55)42-37-36-41-45-39-33-32-34-40-45)44-57-53-48(10-5)46(8-3)47(9-4)51(58-53)38-7-2/h7-10,32-34,39-40,46-51,53,55H,2-5,36-38,41-42,44H2,1H3,(H,54,56)/t46?,47-,48-,49+,50-,51?,53-/m1/s1. The summed E-state index contributed by atoms with van der Waals surface area (Å²) in [6.07, 6.45) is 8.98. The average Bonchev–Trinajstić information content (AvgIpc) is 3.24. The van der Waals surface area contributed by atoms with E-state index in [9.17, 15) is 9.90 Å². The number of aryl methyl sites for hydroxylation is 1. The molecule has 282 valence electrons. The van der Waals surface area contributed by atoms with Crippen molar-refractivity contribution in [1.29, 1.82) is 0 Å². The van der Waals surface area contributed by atoms with Crippen LogP contribution in [-0.2, 0) is 20.7 Å². The number of benzene rings is 1. The van der Waals surface area contributed by atoms with E-state index < -0.39 is 24.3 Å². The third-order valence-corrected chi connectivity index (χ3v) is 8.05. The molecule has 5 nitrogen and oxygen atoms in total. The summed E-state index contributed by atoms with van der Waals surface area (Å²) in [6, 6.07) is 9.37. The number of aliphatic hydroxyl groups excluding tert-OH is 1. The Morgan fingerprint density at radius 2 is 1.19 bits per heavy atom. The van der Waals surface area contributed by atoms with Gasteiger partial charge in [0.05, 0.1) is 24.9 Å². The lowest BCUT2D eigenvalue weighted by Gasteiger charge is -2.44. The molecule has 58 heavy (non-hydrogen) atoms. The molecule has 1 aromatic carbocycles. The molecule has 0 aromatic heterocycles. The Kier molecular flexibility index (Phi) is 24.5. The molecule has 0 saturated carbocycles. The summed E-state index contributed by atoms with van der Waals surface area (Å²) >= 11 is 0. The number of allylic oxidation sites excluding steroid dienone is 1. The first-order chi connectivity index (χ1) is 28.5. The van der Waals surface area contributed by atoms with Crippen LogP contribution in [0.5, 0.6) is 0 Å². The van der Waals surface area contributed by atoms with E-state index in [1.54, 1.807) is 19.1 Å². The molecule has 0 radical (unpaired) electrons. The van der Waals surface area contributed by atoms with Gasteiger partial charge in [-0.2, -0.15) is 0 Å². The van der Waals surface area contributed by atoms with Gasteiger partial charge in [-0.15, -0.1) is 26.3 Å². The molecule has 1 aliphatic heterocycles. The molecular formula is C53H41NO4. The number of carbonyl (C=O) groups is 1. The minimum atomic E-state index is -0.908. The van der Waals surface area contributed by atoms with Crippen LogP contribution < -0.4 is 5.32 Å². The first-order valence-electron chi connectivity index (χ1n) is 18.2. The third-order valence-electron chi connectivity index (χ3n) is 8.05. The molecular weight excluding hydrogens is 715 g/mol. The van der Waals surface area contributed by atoms with Crippen molar-refractivity contribution in [3.8, 4) is 142 Å². The predicted molar refractivity (Wildman–Crippen MR) is 231 cm³/mol. The van der Waals surface area contributed by atoms with Gasteiger partial charge in [0, 0.05) is 53.3 Å². The first-order valence-corrected chi connectivity index (χ1v) is 18.2. The number of unbranched alkanes of at least 4 members (excludes halogenated alkanes) is 1. The van der Waals surface area contributed by atoms with Gasteiger partial charge in [0.1, 0.15) is 0 Å². The van der Waals surface area contributed by atoms with Crippen LogP contribution in [-0.4, -0.2) is 42.2 Å². The molecule has 7 atom stereocenters. The Hall–Kier alpha value is -7.75. The molecule has 1 heterocycles. The second-order valence-electron chi connectivity index (χ2n) is 11.8. The molecule has 2 N–H and O–H groups in total. The van der Waals surface area contributed by atoms with Gasteiger partial charge in [0.15, 0.2) is 6.29 Å². The molecule has 5 heteroatoms. The van der Waals surface area contributed by atoms with E-state index in [2.05, 4.69) is 186 Å². The smallest absolute Gasteiger partial charge is 0.297 e. The number of amides is 1. The Morgan fingerprint density at radius 3 is 1.66 bits per heavy atom. The molecule has 0 bridgehead atoms. The van der Waals surface area contributed by atoms with Crippen molar-refractivity contribution >= 4 is 5.91 Å². The molecule has 1 fully saturated rings. The van der Waals surface area contributed by atoms with Crippen LogP contribution in [0.1, 0.15) is 38.2 Å². The maximum absolute atomic E-state index is 12.9. The molecule has 2 unspecified atom stereocenters. The zero-order valence-corrected chi connectivity index (χ0v) is 32.5. The maximum atomic E-state index is 12.9. The molecule has 1 aromatic rings. The largest absolute Gasteiger partial charge is 0.391 e. The van der Waals surface area contributed by atoms with E-state index in [1.165, 1.54) is 5.56 Å². The van der Waals surface area contributed by atoms with E-state index >= 15 is 0 Å². The van der Waals surface area contributed by atoms with Crippen LogP contribution in [0.2, 0.25) is 0 Å². The fraction of sp³-hybridized carbons (Fsp3) is 0.264. The molecule has 2 rings (SSSR count). The van der Waals surface area contributed by atoms with Gasteiger partial charge < -0.3 is 19.9 Å². The van der Waals surface area contributed by atoms with Gasteiger partial charge >= 0.3 is 0 Å². The van der Waals surface area contributed by atoms with Gasteiger partial charge in [-0.25, -0.2) is 0 Å². The summed E-state index contributed by atoms with van der Waals surface area (Å²) in [4.78, 5) is 12.9. The fourth-order valence-corrected chi connectivity index (χ4v) is 5.41. The molecule has 1 saturated heterocycles. The van der Waals surface area contributed by atoms with Crippen molar-refractivity contribution in [3.63, 3.8) is 0 Å². The zero-order valence-electron chi connectivity index (χ0n) is 32.5. The maximum Gasteiger partial charge on any atom is 0.297 e. The minimum absolute atomic E-state index is 0.0126. The lowest BCUT2D eigenvalue weighted by molar-refractivity contribution is -0.236. The number of carbonyl (C=O) groups excluding carboxylic acids is 1. The Labute approximate surface area is 346 Å². The SMILES string of the molecule is C=CCC1O[C@@H](OC[C@H](NC(=O)C#CC#CC#CC#CC#CC#CC#CC#CC#CC#CC#CC#CC)[C@H](O)CCCCc2ccccc2)[C@H](C=C)C(C=C)[C@H]1C=C. The second-order valence-corrected chi connectivity index (χ2v) is 11.8. The Bertz CT molecular complexity index is 2420. The first kappa shape index (κ1) is 46.4. The summed E-state index contributed by atoms with van der Waals surface area (Å²) in [5.41, 5.74) is 1.22. The predicted octanol–water partition coefficient (Wildman–Crippen LogP) is 5.03. The molecule has 1 aliphatic rings. The zero-order chi connectivity index (χ0) is 41.9. The van der Waals surface area contributed by atoms with Crippen molar-refractivity contribution in [3.05, 3.63) is 86.5 Å². The van der Waals surface area contributed by atoms with Crippen LogP contribution in [0.3, 0.4) is 0 Å². The highest BCUT2D eigenvalue weighted by Gasteiger charge is 2.42. The van der Waals surface area contributed by atoms with Crippen molar-refractivity contribution in [2.24, 2.45) is 17.8 Å². The van der Waals surface area contributed by atoms with Crippen molar-refractivity contribution in [1.82, 2.24) is 5.32 Å². The quantitative estimate of drug-likeness (QED) is 0.150. The van der Waals surface area contributed by atoms with E-state index in [0.29, 0.717) is 12.8 Å². The lowest BCUT2D eigenvalue weighted by atomic mass is 9.75. The van der Waals surface area contributed by atoms with Crippen LogP contribution >= 0.6 is 0 Å². The van der Waals surface area contributed by atoms with Crippen molar-refractivity contribution < 1.29 is 19.4 Å². The number of rotatable bonds is 15. The number of hydrogen-bond acceptors (Lipinski definition) is 4. The highest BCUT2D eigenvalue weighted by atomic mass is 16.7. The summed E-state index contributed by atoms with van der Waals surface area (Å²) in [6.45, 7) is 17.6. The lowest BCUT2D eigenvalue weighted by Crippen LogP contribution is -2.50. The van der Waals surface area contributed by atoms with Gasteiger partial charge in [0.25, 0.3) is 5.91 Å². The summed E-state index contributed by atoms with van der Waals surface area (Å²) in [7, 11) is 0. The van der Waals surface area contributed by atoms with E-state index in [-0.39, 0.29) is 30.5 Å².